The largest absolute Gasteiger partial charge is 0.464 e. The molecule has 6 bridgehead atoms. The molecule has 7 heteroatoms. The van der Waals surface area contributed by atoms with Gasteiger partial charge in [-0.1, -0.05) is 42.5 Å². The normalized spacial score (nSPS) is 33.4. The standard InChI is InChI=1S/C32H36N2O4S/c35-31-32-21-23-12-9-10-16-26(39(36,37)25-14-7-5-8-15-25)22-34(23)30(32)29-27-20-24(38-29)13-6-3-1-2-4-11-18-33(31)19-17-28(27)32/h1,3,5,7-9,12,14-15,20,22-23,28,30H,2,4,6,10-11,13,16-19,21H2/b3-1-,12-9-,26-22+/t23-,28-,30-,32-/m0/s1. The van der Waals surface area contributed by atoms with Crippen LogP contribution in [0.1, 0.15) is 80.4 Å². The number of fused-ring (bicyclic) bond motifs is 2. The second-order valence-electron chi connectivity index (χ2n) is 11.7. The van der Waals surface area contributed by atoms with Crippen molar-refractivity contribution >= 4 is 15.7 Å². The number of carbonyl (C=O) groups is 1. The van der Waals surface area contributed by atoms with Crippen LogP contribution in [0, 0.1) is 5.41 Å². The second kappa shape index (κ2) is 9.54. The summed E-state index contributed by atoms with van der Waals surface area (Å²) in [5, 5.41) is 0. The third-order valence-electron chi connectivity index (χ3n) is 9.56. The Kier molecular flexibility index (Phi) is 6.10. The molecule has 1 spiro atoms. The molecule has 0 N–H and O–H groups in total. The van der Waals surface area contributed by atoms with Crippen LogP contribution in [0.3, 0.4) is 0 Å². The number of aryl methyl sites for hydroxylation is 1. The van der Waals surface area contributed by atoms with Crippen molar-refractivity contribution < 1.29 is 17.6 Å². The molecule has 6 aliphatic heterocycles. The van der Waals surface area contributed by atoms with Gasteiger partial charge in [-0.15, -0.1) is 0 Å². The van der Waals surface area contributed by atoms with Crippen LogP contribution in [0.15, 0.2) is 81.1 Å². The molecule has 1 amide bonds. The highest BCUT2D eigenvalue weighted by atomic mass is 32.2. The van der Waals surface area contributed by atoms with E-state index in [0.29, 0.717) is 29.1 Å². The summed E-state index contributed by atoms with van der Waals surface area (Å²) in [7, 11) is -3.66. The molecule has 2 saturated heterocycles. The molecule has 0 saturated carbocycles. The maximum Gasteiger partial charge on any atom is 0.232 e. The van der Waals surface area contributed by atoms with Crippen molar-refractivity contribution in [3.63, 3.8) is 0 Å². The fourth-order valence-corrected chi connectivity index (χ4v) is 9.24. The summed E-state index contributed by atoms with van der Waals surface area (Å²) in [6.45, 7) is 1.56. The van der Waals surface area contributed by atoms with Gasteiger partial charge in [0.2, 0.25) is 15.7 Å². The van der Waals surface area contributed by atoms with Crippen LogP contribution < -0.4 is 0 Å². The van der Waals surface area contributed by atoms with Gasteiger partial charge in [-0.05, 0) is 69.6 Å². The SMILES string of the molecule is O=C1N2CCCC/C=C\CCc3cc4c(o3)[C@@H]3N5/C=C(/S(=O)(=O)c6ccccc6)CC/C=C\[C@H]5C[C@@]13[C@H]4CC2. The number of furan rings is 1. The molecule has 7 aliphatic rings. The Balaban J connectivity index is 1.37. The zero-order valence-corrected chi connectivity index (χ0v) is 23.1. The summed E-state index contributed by atoms with van der Waals surface area (Å²) in [5.41, 5.74) is 0.549. The lowest BCUT2D eigenvalue weighted by Gasteiger charge is -2.44. The number of nitrogens with zero attached hydrogens (tertiary/aromatic N) is 2. The third kappa shape index (κ3) is 3.87. The minimum absolute atomic E-state index is 0.0498. The van der Waals surface area contributed by atoms with E-state index in [0.717, 1.165) is 63.1 Å². The van der Waals surface area contributed by atoms with Crippen molar-refractivity contribution in [2.24, 2.45) is 5.41 Å². The topological polar surface area (TPSA) is 70.8 Å². The Morgan fingerprint density at radius 2 is 1.77 bits per heavy atom. The van der Waals surface area contributed by atoms with E-state index in [2.05, 4.69) is 40.2 Å². The van der Waals surface area contributed by atoms with Crippen LogP contribution in [-0.4, -0.2) is 43.3 Å². The van der Waals surface area contributed by atoms with Crippen molar-refractivity contribution in [1.82, 2.24) is 9.80 Å². The Morgan fingerprint density at radius 3 is 2.64 bits per heavy atom. The van der Waals surface area contributed by atoms with Crippen LogP contribution in [0.2, 0.25) is 0 Å². The van der Waals surface area contributed by atoms with E-state index in [9.17, 15) is 13.2 Å². The molecule has 7 heterocycles. The maximum absolute atomic E-state index is 14.5. The number of amides is 1. The first-order chi connectivity index (χ1) is 19.0. The zero-order chi connectivity index (χ0) is 26.6. The number of hydrogen-bond donors (Lipinski definition) is 0. The molecule has 204 valence electrons. The maximum atomic E-state index is 14.5. The van der Waals surface area contributed by atoms with Crippen LogP contribution in [0.4, 0.5) is 0 Å². The minimum Gasteiger partial charge on any atom is -0.464 e. The molecule has 2 aromatic rings. The lowest BCUT2D eigenvalue weighted by Crippen LogP contribution is -2.52. The first-order valence-corrected chi connectivity index (χ1v) is 16.0. The molecule has 39 heavy (non-hydrogen) atoms. The molecular weight excluding hydrogens is 508 g/mol. The highest BCUT2D eigenvalue weighted by Crippen LogP contribution is 2.67. The van der Waals surface area contributed by atoms with E-state index >= 15 is 0 Å². The summed E-state index contributed by atoms with van der Waals surface area (Å²) in [4.78, 5) is 19.5. The number of rotatable bonds is 2. The van der Waals surface area contributed by atoms with Gasteiger partial charge in [0.1, 0.15) is 17.6 Å². The molecule has 1 aromatic heterocycles. The number of allylic oxidation sites excluding steroid dienone is 4. The second-order valence-corrected chi connectivity index (χ2v) is 13.7. The summed E-state index contributed by atoms with van der Waals surface area (Å²) >= 11 is 0. The first-order valence-electron chi connectivity index (χ1n) is 14.5. The Morgan fingerprint density at radius 1 is 0.949 bits per heavy atom. The molecule has 2 fully saturated rings. The van der Waals surface area contributed by atoms with Gasteiger partial charge in [0.25, 0.3) is 0 Å². The number of piperidine rings is 1. The third-order valence-corrected chi connectivity index (χ3v) is 11.4. The van der Waals surface area contributed by atoms with E-state index in [-0.39, 0.29) is 23.9 Å². The number of carbonyl (C=O) groups excluding carboxylic acids is 1. The molecule has 1 aromatic carbocycles. The molecule has 6 nitrogen and oxygen atoms in total. The summed E-state index contributed by atoms with van der Waals surface area (Å²) in [6.07, 6.45) is 18.3. The van der Waals surface area contributed by atoms with E-state index in [1.54, 1.807) is 24.3 Å². The summed E-state index contributed by atoms with van der Waals surface area (Å²) in [5.74, 6) is 2.18. The van der Waals surface area contributed by atoms with Crippen LogP contribution in [-0.2, 0) is 21.1 Å². The molecule has 0 unspecified atom stereocenters. The Bertz CT molecular complexity index is 1470. The van der Waals surface area contributed by atoms with Gasteiger partial charge in [0.05, 0.1) is 15.2 Å². The minimum atomic E-state index is -3.66. The van der Waals surface area contributed by atoms with Gasteiger partial charge in [-0.3, -0.25) is 4.79 Å². The Hall–Kier alpha value is -3.06. The highest BCUT2D eigenvalue weighted by Gasteiger charge is 2.68. The van der Waals surface area contributed by atoms with Crippen molar-refractivity contribution in [3.05, 3.63) is 88.9 Å². The summed E-state index contributed by atoms with van der Waals surface area (Å²) in [6, 6.07) is 10.6. The average molecular weight is 545 g/mol. The smallest absolute Gasteiger partial charge is 0.232 e. The van der Waals surface area contributed by atoms with Crippen LogP contribution in [0.25, 0.3) is 0 Å². The molecule has 1 aliphatic carbocycles. The quantitative estimate of drug-likeness (QED) is 0.431. The van der Waals surface area contributed by atoms with E-state index in [4.69, 9.17) is 4.42 Å². The van der Waals surface area contributed by atoms with Crippen LogP contribution >= 0.6 is 0 Å². The van der Waals surface area contributed by atoms with Gasteiger partial charge in [0.15, 0.2) is 0 Å². The fourth-order valence-electron chi connectivity index (χ4n) is 7.77. The van der Waals surface area contributed by atoms with Crippen molar-refractivity contribution in [2.75, 3.05) is 13.1 Å². The lowest BCUT2D eigenvalue weighted by molar-refractivity contribution is -0.149. The lowest BCUT2D eigenvalue weighted by atomic mass is 9.67. The van der Waals surface area contributed by atoms with Gasteiger partial charge in [0, 0.05) is 43.2 Å². The van der Waals surface area contributed by atoms with Crippen LogP contribution in [0.5, 0.6) is 0 Å². The fraction of sp³-hybridized carbons (Fsp3) is 0.469. The average Bonchev–Trinajstić information content (AvgIpc) is 3.53. The molecule has 0 radical (unpaired) electrons. The zero-order valence-electron chi connectivity index (χ0n) is 22.3. The molecular formula is C32H36N2O4S. The van der Waals surface area contributed by atoms with Gasteiger partial charge in [-0.2, -0.15) is 0 Å². The monoisotopic (exact) mass is 544 g/mol. The summed E-state index contributed by atoms with van der Waals surface area (Å²) < 4.78 is 34.2. The van der Waals surface area contributed by atoms with E-state index < -0.39 is 15.3 Å². The van der Waals surface area contributed by atoms with Crippen molar-refractivity contribution in [2.45, 2.75) is 80.7 Å². The van der Waals surface area contributed by atoms with E-state index in [1.807, 2.05) is 12.3 Å². The number of hydrogen-bond acceptors (Lipinski definition) is 5. The van der Waals surface area contributed by atoms with Crippen molar-refractivity contribution in [3.8, 4) is 0 Å². The van der Waals surface area contributed by atoms with Crippen molar-refractivity contribution in [1.29, 1.82) is 0 Å². The molecule has 4 atom stereocenters. The van der Waals surface area contributed by atoms with Gasteiger partial charge >= 0.3 is 0 Å². The predicted octanol–water partition coefficient (Wildman–Crippen LogP) is 6.05. The predicted molar refractivity (Wildman–Crippen MR) is 149 cm³/mol. The number of benzene rings is 1. The first kappa shape index (κ1) is 24.9. The molecule has 9 rings (SSSR count). The Labute approximate surface area is 231 Å². The number of sulfone groups is 1. The van der Waals surface area contributed by atoms with Gasteiger partial charge < -0.3 is 14.2 Å². The highest BCUT2D eigenvalue weighted by molar-refractivity contribution is 7.95. The van der Waals surface area contributed by atoms with E-state index in [1.165, 1.54) is 5.56 Å². The van der Waals surface area contributed by atoms with Gasteiger partial charge in [-0.25, -0.2) is 8.42 Å².